The van der Waals surface area contributed by atoms with Gasteiger partial charge in [-0.3, -0.25) is 19.6 Å². The molecule has 10 heteroatoms. The highest BCUT2D eigenvalue weighted by Crippen LogP contribution is 2.44. The van der Waals surface area contributed by atoms with Crippen molar-refractivity contribution in [2.45, 2.75) is 50.6 Å². The molecule has 184 valence electrons. The number of fused-ring (bicyclic) bond motifs is 4. The Labute approximate surface area is 215 Å². The molecule has 0 radical (unpaired) electrons. The summed E-state index contributed by atoms with van der Waals surface area (Å²) in [7, 11) is 0. The molecule has 2 aliphatic rings. The minimum atomic E-state index is -0.526. The van der Waals surface area contributed by atoms with E-state index in [0.717, 1.165) is 50.1 Å². The Kier molecular flexibility index (Phi) is 6.95. The predicted octanol–water partition coefficient (Wildman–Crippen LogP) is 4.13. The van der Waals surface area contributed by atoms with Crippen LogP contribution in [0.25, 0.3) is 10.9 Å². The number of benzene rings is 1. The van der Waals surface area contributed by atoms with Gasteiger partial charge >= 0.3 is 0 Å². The molecule has 1 saturated heterocycles. The highest BCUT2D eigenvalue weighted by atomic mass is 79.9. The number of para-hydroxylation sites is 1. The second-order valence-corrected chi connectivity index (χ2v) is 11.6. The molecule has 3 aromatic rings. The molecule has 2 atom stereocenters. The Hall–Kier alpha value is -2.69. The smallest absolute Gasteiger partial charge is 0.246 e. The highest BCUT2D eigenvalue weighted by molar-refractivity contribution is 9.11. The number of thiophene rings is 1. The summed E-state index contributed by atoms with van der Waals surface area (Å²) < 4.78 is 0.987. The van der Waals surface area contributed by atoms with Crippen molar-refractivity contribution in [1.29, 1.82) is 0 Å². The lowest BCUT2D eigenvalue weighted by Crippen LogP contribution is -2.63. The molecule has 5 rings (SSSR count). The maximum absolute atomic E-state index is 13.6. The average Bonchev–Trinajstić information content (AvgIpc) is 3.45. The van der Waals surface area contributed by atoms with E-state index in [9.17, 15) is 14.4 Å². The van der Waals surface area contributed by atoms with E-state index in [1.165, 1.54) is 0 Å². The maximum atomic E-state index is 13.6. The van der Waals surface area contributed by atoms with Crippen LogP contribution in [0.2, 0.25) is 0 Å². The van der Waals surface area contributed by atoms with E-state index < -0.39 is 6.04 Å². The van der Waals surface area contributed by atoms with Gasteiger partial charge < -0.3 is 14.8 Å². The molecule has 35 heavy (non-hydrogen) atoms. The van der Waals surface area contributed by atoms with Crippen molar-refractivity contribution in [3.05, 3.63) is 56.3 Å². The molecular formula is C25H27BrN4O4S. The molecule has 0 unspecified atom stereocenters. The SMILES string of the molecule is O=C(CCCCCCN1CC(=O)N2[C@@H](c3ccc(Br)s3)c3[nH]c4ccccc4c3C[C@@H]2C1=O)NO. The van der Waals surface area contributed by atoms with E-state index in [4.69, 9.17) is 5.21 Å². The first-order valence-corrected chi connectivity index (χ1v) is 13.5. The van der Waals surface area contributed by atoms with E-state index in [-0.39, 0.29) is 36.7 Å². The zero-order valence-corrected chi connectivity index (χ0v) is 21.5. The Morgan fingerprint density at radius 1 is 1.14 bits per heavy atom. The number of carbonyl (C=O) groups excluding carboxylic acids is 3. The van der Waals surface area contributed by atoms with Gasteiger partial charge in [0.2, 0.25) is 17.7 Å². The van der Waals surface area contributed by atoms with Gasteiger partial charge in [0.25, 0.3) is 0 Å². The second-order valence-electron chi connectivity index (χ2n) is 9.09. The number of carbonyl (C=O) groups is 3. The maximum Gasteiger partial charge on any atom is 0.246 e. The van der Waals surface area contributed by atoms with Crippen molar-refractivity contribution in [2.75, 3.05) is 13.1 Å². The number of unbranched alkanes of at least 4 members (excludes halogenated alkanes) is 3. The molecule has 2 aliphatic heterocycles. The number of aromatic amines is 1. The molecule has 3 N–H and O–H groups in total. The summed E-state index contributed by atoms with van der Waals surface area (Å²) in [5.74, 6) is -0.419. The summed E-state index contributed by atoms with van der Waals surface area (Å²) in [5.41, 5.74) is 4.77. The van der Waals surface area contributed by atoms with Crippen LogP contribution in [0.3, 0.4) is 0 Å². The largest absolute Gasteiger partial charge is 0.356 e. The van der Waals surface area contributed by atoms with Crippen molar-refractivity contribution in [1.82, 2.24) is 20.3 Å². The fraction of sp³-hybridized carbons (Fsp3) is 0.400. The van der Waals surface area contributed by atoms with Gasteiger partial charge in [0.05, 0.1) is 10.3 Å². The van der Waals surface area contributed by atoms with E-state index in [2.05, 4.69) is 27.0 Å². The van der Waals surface area contributed by atoms with E-state index in [1.54, 1.807) is 26.6 Å². The van der Waals surface area contributed by atoms with Gasteiger partial charge in [-0.05, 0) is 52.5 Å². The van der Waals surface area contributed by atoms with Crippen molar-refractivity contribution < 1.29 is 19.6 Å². The third-order valence-electron chi connectivity index (χ3n) is 6.91. The number of aromatic nitrogens is 1. The van der Waals surface area contributed by atoms with Gasteiger partial charge in [-0.1, -0.05) is 31.0 Å². The van der Waals surface area contributed by atoms with E-state index in [1.807, 2.05) is 30.3 Å². The van der Waals surface area contributed by atoms with Crippen LogP contribution in [0.4, 0.5) is 0 Å². The van der Waals surface area contributed by atoms with Crippen molar-refractivity contribution in [3.63, 3.8) is 0 Å². The van der Waals surface area contributed by atoms with Crippen LogP contribution in [0.15, 0.2) is 40.2 Å². The predicted molar refractivity (Wildman–Crippen MR) is 136 cm³/mol. The van der Waals surface area contributed by atoms with Crippen LogP contribution in [0.1, 0.15) is 54.3 Å². The third kappa shape index (κ3) is 4.62. The summed E-state index contributed by atoms with van der Waals surface area (Å²) in [4.78, 5) is 46.3. The summed E-state index contributed by atoms with van der Waals surface area (Å²) in [6, 6.07) is 11.3. The van der Waals surface area contributed by atoms with Gasteiger partial charge in [-0.25, -0.2) is 5.48 Å². The Morgan fingerprint density at radius 2 is 1.94 bits per heavy atom. The highest BCUT2D eigenvalue weighted by Gasteiger charge is 2.48. The number of rotatable bonds is 8. The zero-order valence-electron chi connectivity index (χ0n) is 19.1. The average molecular weight is 559 g/mol. The van der Waals surface area contributed by atoms with Gasteiger partial charge in [0.1, 0.15) is 12.1 Å². The summed E-state index contributed by atoms with van der Waals surface area (Å²) >= 11 is 5.14. The summed E-state index contributed by atoms with van der Waals surface area (Å²) in [5, 5.41) is 9.68. The third-order valence-corrected chi connectivity index (χ3v) is 8.59. The van der Waals surface area contributed by atoms with Gasteiger partial charge in [0, 0.05) is 40.9 Å². The minimum absolute atomic E-state index is 0.000751. The van der Waals surface area contributed by atoms with Gasteiger partial charge in [-0.2, -0.15) is 0 Å². The summed E-state index contributed by atoms with van der Waals surface area (Å²) in [6.07, 6.45) is 3.90. The lowest BCUT2D eigenvalue weighted by molar-refractivity contribution is -0.158. The number of hydrogen-bond acceptors (Lipinski definition) is 5. The van der Waals surface area contributed by atoms with Crippen LogP contribution in [0.5, 0.6) is 0 Å². The van der Waals surface area contributed by atoms with Crippen molar-refractivity contribution in [2.24, 2.45) is 0 Å². The van der Waals surface area contributed by atoms with Crippen LogP contribution < -0.4 is 5.48 Å². The first-order valence-electron chi connectivity index (χ1n) is 11.9. The normalized spacial score (nSPS) is 19.7. The van der Waals surface area contributed by atoms with Gasteiger partial charge in [-0.15, -0.1) is 11.3 Å². The second kappa shape index (κ2) is 10.1. The fourth-order valence-corrected chi connectivity index (χ4v) is 6.82. The lowest BCUT2D eigenvalue weighted by atomic mass is 9.88. The number of piperazine rings is 1. The van der Waals surface area contributed by atoms with Crippen LogP contribution in [0, 0.1) is 0 Å². The van der Waals surface area contributed by atoms with Crippen LogP contribution in [-0.2, 0) is 20.8 Å². The van der Waals surface area contributed by atoms with Crippen molar-refractivity contribution in [3.8, 4) is 0 Å². The molecular weight excluding hydrogens is 532 g/mol. The molecule has 3 amide bonds. The molecule has 0 aliphatic carbocycles. The molecule has 0 bridgehead atoms. The molecule has 4 heterocycles. The minimum Gasteiger partial charge on any atom is -0.356 e. The number of nitrogens with one attached hydrogen (secondary N) is 2. The number of halogens is 1. The molecule has 0 saturated carbocycles. The van der Waals surface area contributed by atoms with E-state index >= 15 is 0 Å². The molecule has 0 spiro atoms. The topological polar surface area (TPSA) is 106 Å². The number of nitrogens with zero attached hydrogens (tertiary/aromatic N) is 2. The van der Waals surface area contributed by atoms with Crippen LogP contribution >= 0.6 is 27.3 Å². The standard InChI is InChI=1S/C25H27BrN4O4S/c26-20-11-10-19(35-20)24-23-16(15-7-4-5-8-17(15)27-23)13-18-25(33)29(14-22(32)30(18)24)12-6-2-1-3-9-21(31)28-34/h4-5,7-8,10-11,18,24,27,34H,1-3,6,9,12-14H2,(H,28,31)/t18-,24+/m1/s1. The Balaban J connectivity index is 1.37. The molecule has 8 nitrogen and oxygen atoms in total. The monoisotopic (exact) mass is 558 g/mol. The number of hydroxylamine groups is 1. The molecule has 1 aromatic carbocycles. The zero-order chi connectivity index (χ0) is 24.5. The Morgan fingerprint density at radius 3 is 2.71 bits per heavy atom. The first kappa shape index (κ1) is 24.0. The fourth-order valence-electron chi connectivity index (χ4n) is 5.28. The Bertz CT molecular complexity index is 1270. The summed E-state index contributed by atoms with van der Waals surface area (Å²) in [6.45, 7) is 0.609. The number of H-pyrrole nitrogens is 1. The number of amides is 3. The number of hydrogen-bond donors (Lipinski definition) is 3. The first-order chi connectivity index (χ1) is 17.0. The van der Waals surface area contributed by atoms with Crippen LogP contribution in [-0.4, -0.2) is 56.8 Å². The molecule has 2 aromatic heterocycles. The van der Waals surface area contributed by atoms with E-state index in [0.29, 0.717) is 19.4 Å². The quantitative estimate of drug-likeness (QED) is 0.219. The van der Waals surface area contributed by atoms with Gasteiger partial charge in [0.15, 0.2) is 0 Å². The van der Waals surface area contributed by atoms with Crippen molar-refractivity contribution >= 4 is 55.9 Å². The lowest BCUT2D eigenvalue weighted by Gasteiger charge is -2.46. The molecule has 1 fully saturated rings.